The average Bonchev–Trinajstić information content (AvgIpc) is 3.23. The van der Waals surface area contributed by atoms with Crippen molar-refractivity contribution in [3.05, 3.63) is 41.4 Å². The molecule has 140 valence electrons. The van der Waals surface area contributed by atoms with Gasteiger partial charge in [-0.15, -0.1) is 11.3 Å². The molecule has 0 radical (unpaired) electrons. The number of rotatable bonds is 2. The summed E-state index contributed by atoms with van der Waals surface area (Å²) in [5.41, 5.74) is 2.18. The van der Waals surface area contributed by atoms with E-state index in [1.165, 1.54) is 11.8 Å². The van der Waals surface area contributed by atoms with Gasteiger partial charge >= 0.3 is 0 Å². The van der Waals surface area contributed by atoms with Gasteiger partial charge in [0.2, 0.25) is 0 Å². The van der Waals surface area contributed by atoms with Crippen molar-refractivity contribution in [2.45, 2.75) is 13.0 Å². The fourth-order valence-electron chi connectivity index (χ4n) is 3.99. The zero-order chi connectivity index (χ0) is 18.4. The van der Waals surface area contributed by atoms with Gasteiger partial charge in [0.25, 0.3) is 5.91 Å². The normalized spacial score (nSPS) is 22.9. The molecule has 2 saturated heterocycles. The number of carbonyl (C=O) groups is 1. The molecule has 0 aliphatic carbocycles. The van der Waals surface area contributed by atoms with E-state index in [0.29, 0.717) is 32.1 Å². The minimum atomic E-state index is -0.0569. The lowest BCUT2D eigenvalue weighted by Crippen LogP contribution is -2.46. The summed E-state index contributed by atoms with van der Waals surface area (Å²) in [6.45, 7) is 5.36. The van der Waals surface area contributed by atoms with Gasteiger partial charge in [0.1, 0.15) is 12.1 Å². The maximum atomic E-state index is 12.9. The van der Waals surface area contributed by atoms with Crippen molar-refractivity contribution in [3.8, 4) is 0 Å². The monoisotopic (exact) mass is 384 g/mol. The highest BCUT2D eigenvalue weighted by molar-refractivity contribution is 7.18. The van der Waals surface area contributed by atoms with Gasteiger partial charge in [-0.05, 0) is 30.0 Å². The molecule has 0 spiro atoms. The third kappa shape index (κ3) is 2.89. The molecule has 3 aromatic rings. The third-order valence-electron chi connectivity index (χ3n) is 5.27. The molecule has 1 amide bonds. The molecule has 2 aliphatic rings. The second kappa shape index (κ2) is 6.61. The van der Waals surface area contributed by atoms with E-state index in [4.69, 9.17) is 9.15 Å². The maximum absolute atomic E-state index is 12.9. The lowest BCUT2D eigenvalue weighted by Gasteiger charge is -2.31. The second-order valence-electron chi connectivity index (χ2n) is 7.19. The number of anilines is 1. The number of ether oxygens (including phenoxy) is 1. The summed E-state index contributed by atoms with van der Waals surface area (Å²) in [7, 11) is 0. The smallest absolute Gasteiger partial charge is 0.289 e. The predicted molar refractivity (Wildman–Crippen MR) is 102 cm³/mol. The van der Waals surface area contributed by atoms with E-state index in [0.717, 1.165) is 22.6 Å². The number of hydrogen-bond donors (Lipinski definition) is 0. The van der Waals surface area contributed by atoms with Crippen LogP contribution in [0.15, 0.2) is 34.5 Å². The van der Waals surface area contributed by atoms with Crippen molar-refractivity contribution in [3.63, 3.8) is 0 Å². The van der Waals surface area contributed by atoms with E-state index in [1.807, 2.05) is 4.90 Å². The van der Waals surface area contributed by atoms with Crippen molar-refractivity contribution in [1.82, 2.24) is 14.9 Å². The quantitative estimate of drug-likeness (QED) is 0.676. The molecular weight excluding hydrogens is 364 g/mol. The fraction of sp³-hybridized carbons (Fsp3) is 0.421. The molecule has 8 heteroatoms. The first-order valence-electron chi connectivity index (χ1n) is 9.06. The number of fused-ring (bicyclic) bond motifs is 4. The zero-order valence-corrected chi connectivity index (χ0v) is 15.8. The number of aryl methyl sites for hydroxylation is 1. The highest BCUT2D eigenvalue weighted by atomic mass is 32.1. The van der Waals surface area contributed by atoms with Crippen LogP contribution in [-0.2, 0) is 4.74 Å². The fourth-order valence-corrected chi connectivity index (χ4v) is 4.99. The van der Waals surface area contributed by atoms with E-state index in [-0.39, 0.29) is 17.9 Å². The number of nitrogens with zero attached hydrogens (tertiary/aromatic N) is 4. The van der Waals surface area contributed by atoms with Crippen LogP contribution in [0.1, 0.15) is 16.1 Å². The van der Waals surface area contributed by atoms with Crippen molar-refractivity contribution >= 4 is 33.3 Å². The molecule has 2 fully saturated rings. The lowest BCUT2D eigenvalue weighted by molar-refractivity contribution is 0.0475. The minimum Gasteiger partial charge on any atom is -0.459 e. The Kier molecular flexibility index (Phi) is 4.09. The van der Waals surface area contributed by atoms with E-state index in [9.17, 15) is 4.79 Å². The predicted octanol–water partition coefficient (Wildman–Crippen LogP) is 2.57. The highest BCUT2D eigenvalue weighted by Crippen LogP contribution is 2.34. The van der Waals surface area contributed by atoms with Gasteiger partial charge in [0, 0.05) is 25.6 Å². The van der Waals surface area contributed by atoms with Gasteiger partial charge in [-0.25, -0.2) is 9.97 Å². The molecule has 0 unspecified atom stereocenters. The highest BCUT2D eigenvalue weighted by Gasteiger charge is 2.37. The van der Waals surface area contributed by atoms with Crippen LogP contribution in [0.25, 0.3) is 10.2 Å². The van der Waals surface area contributed by atoms with Crippen molar-refractivity contribution < 1.29 is 13.9 Å². The summed E-state index contributed by atoms with van der Waals surface area (Å²) < 4.78 is 12.3. The van der Waals surface area contributed by atoms with Crippen molar-refractivity contribution in [2.24, 2.45) is 5.92 Å². The molecule has 0 saturated carbocycles. The molecular formula is C19H20N4O3S. The van der Waals surface area contributed by atoms with Gasteiger partial charge in [0.05, 0.1) is 35.7 Å². The number of hydrogen-bond acceptors (Lipinski definition) is 7. The number of furan rings is 1. The Balaban J connectivity index is 1.51. The maximum Gasteiger partial charge on any atom is 0.289 e. The summed E-state index contributed by atoms with van der Waals surface area (Å²) in [5, 5.41) is 2.12. The largest absolute Gasteiger partial charge is 0.459 e. The molecule has 0 N–H and O–H groups in total. The Morgan fingerprint density at radius 3 is 3.04 bits per heavy atom. The van der Waals surface area contributed by atoms with E-state index in [1.54, 1.807) is 29.8 Å². The summed E-state index contributed by atoms with van der Waals surface area (Å²) in [6.07, 6.45) is 3.18. The number of thiophene rings is 1. The van der Waals surface area contributed by atoms with E-state index >= 15 is 0 Å². The molecule has 0 aromatic carbocycles. The van der Waals surface area contributed by atoms with Crippen LogP contribution in [-0.4, -0.2) is 59.7 Å². The Bertz CT molecular complexity index is 971. The Morgan fingerprint density at radius 1 is 1.26 bits per heavy atom. The zero-order valence-electron chi connectivity index (χ0n) is 15.0. The Labute approximate surface area is 160 Å². The Hall–Kier alpha value is -2.45. The van der Waals surface area contributed by atoms with Gasteiger partial charge < -0.3 is 19.0 Å². The number of amides is 1. The van der Waals surface area contributed by atoms with E-state index in [2.05, 4.69) is 27.2 Å². The summed E-state index contributed by atoms with van der Waals surface area (Å²) in [5.74, 6) is 1.51. The van der Waals surface area contributed by atoms with Gasteiger partial charge in [-0.2, -0.15) is 0 Å². The van der Waals surface area contributed by atoms with Crippen LogP contribution >= 0.6 is 11.3 Å². The Morgan fingerprint density at radius 2 is 2.19 bits per heavy atom. The molecule has 5 rings (SSSR count). The van der Waals surface area contributed by atoms with Gasteiger partial charge in [-0.3, -0.25) is 4.79 Å². The van der Waals surface area contributed by atoms with Crippen LogP contribution in [0.5, 0.6) is 0 Å². The lowest BCUT2D eigenvalue weighted by atomic mass is 10.1. The summed E-state index contributed by atoms with van der Waals surface area (Å²) in [4.78, 5) is 26.1. The summed E-state index contributed by atoms with van der Waals surface area (Å²) >= 11 is 1.68. The standard InChI is InChI=1S/C19H20N4O3S/c1-12-10-27-17-16(12)20-11-21-18(17)23-6-13-5-22(7-14(23)9-25-8-13)19(24)15-3-2-4-26-15/h2-4,10-11,13-14H,5-9H2,1H3/t13-,14-/m0/s1. The van der Waals surface area contributed by atoms with Crippen molar-refractivity contribution in [1.29, 1.82) is 0 Å². The summed E-state index contributed by atoms with van der Waals surface area (Å²) in [6, 6.07) is 3.52. The average molecular weight is 384 g/mol. The first-order valence-corrected chi connectivity index (χ1v) is 9.94. The number of aromatic nitrogens is 2. The molecule has 7 nitrogen and oxygen atoms in total. The molecule has 2 atom stereocenters. The molecule has 27 heavy (non-hydrogen) atoms. The molecule has 2 bridgehead atoms. The topological polar surface area (TPSA) is 71.7 Å². The van der Waals surface area contributed by atoms with Crippen LogP contribution in [0.3, 0.4) is 0 Å². The second-order valence-corrected chi connectivity index (χ2v) is 8.07. The van der Waals surface area contributed by atoms with Gasteiger partial charge in [-0.1, -0.05) is 0 Å². The van der Waals surface area contributed by atoms with Crippen LogP contribution in [0, 0.1) is 12.8 Å². The molecule has 5 heterocycles. The van der Waals surface area contributed by atoms with Gasteiger partial charge in [0.15, 0.2) is 5.76 Å². The molecule has 3 aromatic heterocycles. The van der Waals surface area contributed by atoms with Crippen LogP contribution in [0.4, 0.5) is 5.82 Å². The minimum absolute atomic E-state index is 0.0527. The third-order valence-corrected chi connectivity index (χ3v) is 6.36. The van der Waals surface area contributed by atoms with Crippen LogP contribution in [0.2, 0.25) is 0 Å². The SMILES string of the molecule is Cc1csc2c(N3C[C@H]4COC[C@@H]3CN(C(=O)c3ccco3)C4)ncnc12. The first-order chi connectivity index (χ1) is 13.2. The number of carbonyl (C=O) groups excluding carboxylic acids is 1. The first kappa shape index (κ1) is 16.7. The van der Waals surface area contributed by atoms with E-state index < -0.39 is 0 Å². The van der Waals surface area contributed by atoms with Crippen molar-refractivity contribution in [2.75, 3.05) is 37.7 Å². The molecule has 2 aliphatic heterocycles. The van der Waals surface area contributed by atoms with Crippen LogP contribution < -0.4 is 4.90 Å².